The number of hydrogen-bond donors (Lipinski definition) is 0. The Hall–Kier alpha value is -2.37. The van der Waals surface area contributed by atoms with Gasteiger partial charge in [-0.15, -0.1) is 11.6 Å². The van der Waals surface area contributed by atoms with E-state index in [2.05, 4.69) is 0 Å². The maximum Gasteiger partial charge on any atom is 0.266 e. The highest BCUT2D eigenvalue weighted by atomic mass is 35.5. The van der Waals surface area contributed by atoms with Crippen LogP contribution in [-0.2, 0) is 4.79 Å². The van der Waals surface area contributed by atoms with Crippen LogP contribution in [0.1, 0.15) is 38.2 Å². The molecule has 7 heteroatoms. The largest absolute Gasteiger partial charge is 0.335 e. The zero-order valence-corrected chi connectivity index (χ0v) is 19.3. The van der Waals surface area contributed by atoms with Crippen molar-refractivity contribution in [3.63, 3.8) is 0 Å². The molecule has 2 aromatic carbocycles. The highest BCUT2D eigenvalue weighted by Gasteiger charge is 2.33. The second-order valence-electron chi connectivity index (χ2n) is 8.22. The molecule has 158 valence electrons. The number of carbonyl (C=O) groups is 1. The molecule has 3 aromatic rings. The van der Waals surface area contributed by atoms with Crippen LogP contribution in [0.5, 0.6) is 0 Å². The van der Waals surface area contributed by atoms with Crippen molar-refractivity contribution in [3.05, 3.63) is 69.2 Å². The summed E-state index contributed by atoms with van der Waals surface area (Å²) >= 11 is 12.2. The van der Waals surface area contributed by atoms with Crippen LogP contribution < -0.4 is 5.56 Å². The minimum atomic E-state index is -0.736. The molecule has 1 unspecified atom stereocenters. The number of amides is 1. The smallest absolute Gasteiger partial charge is 0.266 e. The van der Waals surface area contributed by atoms with Gasteiger partial charge in [0.05, 0.1) is 28.0 Å². The minimum absolute atomic E-state index is 0.124. The summed E-state index contributed by atoms with van der Waals surface area (Å²) in [6, 6.07) is 12.2. The summed E-state index contributed by atoms with van der Waals surface area (Å²) in [7, 11) is 1.70. The number of fused-ring (bicyclic) bond motifs is 1. The fraction of sp³-hybridized carbons (Fsp3) is 0.348. The van der Waals surface area contributed by atoms with Crippen LogP contribution in [0, 0.1) is 12.3 Å². The van der Waals surface area contributed by atoms with Gasteiger partial charge < -0.3 is 4.90 Å². The van der Waals surface area contributed by atoms with E-state index in [1.807, 2.05) is 38.1 Å². The molecule has 5 nitrogen and oxygen atoms in total. The second kappa shape index (κ2) is 8.40. The van der Waals surface area contributed by atoms with E-state index in [4.69, 9.17) is 28.2 Å². The molecule has 0 radical (unpaired) electrons. The first-order valence-electron chi connectivity index (χ1n) is 9.69. The average Bonchev–Trinajstić information content (AvgIpc) is 2.72. The van der Waals surface area contributed by atoms with Gasteiger partial charge in [-0.25, -0.2) is 4.98 Å². The number of rotatable bonds is 5. The molecule has 1 aromatic heterocycles. The second-order valence-corrected chi connectivity index (χ2v) is 8.92. The number of aryl methyl sites for hydroxylation is 1. The molecule has 0 aliphatic carbocycles. The van der Waals surface area contributed by atoms with E-state index in [0.29, 0.717) is 27.4 Å². The fourth-order valence-corrected chi connectivity index (χ4v) is 3.56. The van der Waals surface area contributed by atoms with Crippen LogP contribution in [-0.4, -0.2) is 33.3 Å². The quantitative estimate of drug-likeness (QED) is 0.511. The van der Waals surface area contributed by atoms with E-state index < -0.39 is 11.5 Å². The Kier molecular flexibility index (Phi) is 6.25. The van der Waals surface area contributed by atoms with Crippen molar-refractivity contribution in [3.8, 4) is 5.69 Å². The molecule has 0 fully saturated rings. The standard InChI is InChI=1S/C23H25Cl2N3O2/c1-14-6-9-17(10-7-14)28-20(15(2)27(5)22(30)23(3,4)13-24)26-19-12-16(25)8-11-18(19)21(28)29/h6-12,15H,13H2,1-5H3. The van der Waals surface area contributed by atoms with E-state index in [1.54, 1.807) is 48.6 Å². The van der Waals surface area contributed by atoms with Crippen molar-refractivity contribution >= 4 is 40.0 Å². The van der Waals surface area contributed by atoms with Crippen molar-refractivity contribution in [2.45, 2.75) is 33.7 Å². The van der Waals surface area contributed by atoms with Crippen molar-refractivity contribution in [2.24, 2.45) is 5.41 Å². The van der Waals surface area contributed by atoms with Gasteiger partial charge in [0.25, 0.3) is 5.56 Å². The lowest BCUT2D eigenvalue weighted by Crippen LogP contribution is -2.42. The molecule has 0 saturated heterocycles. The number of aromatic nitrogens is 2. The van der Waals surface area contributed by atoms with Crippen molar-refractivity contribution in [1.82, 2.24) is 14.5 Å². The van der Waals surface area contributed by atoms with E-state index >= 15 is 0 Å². The normalized spacial score (nSPS) is 12.8. The van der Waals surface area contributed by atoms with Crippen molar-refractivity contribution < 1.29 is 4.79 Å². The van der Waals surface area contributed by atoms with Crippen LogP contribution in [0.4, 0.5) is 0 Å². The summed E-state index contributed by atoms with van der Waals surface area (Å²) in [6.45, 7) is 7.43. The summed E-state index contributed by atoms with van der Waals surface area (Å²) in [4.78, 5) is 32.8. The number of carbonyl (C=O) groups excluding carboxylic acids is 1. The summed E-state index contributed by atoms with van der Waals surface area (Å²) < 4.78 is 1.57. The predicted octanol–water partition coefficient (Wildman–Crippen LogP) is 5.13. The topological polar surface area (TPSA) is 55.2 Å². The molecule has 30 heavy (non-hydrogen) atoms. The third kappa shape index (κ3) is 4.09. The molecular formula is C23H25Cl2N3O2. The van der Waals surface area contributed by atoms with Gasteiger partial charge in [0.2, 0.25) is 5.91 Å². The molecule has 0 spiro atoms. The van der Waals surface area contributed by atoms with Gasteiger partial charge in [0, 0.05) is 18.0 Å². The summed E-state index contributed by atoms with van der Waals surface area (Å²) in [5.74, 6) is 0.523. The Labute approximate surface area is 186 Å². The first kappa shape index (κ1) is 22.3. The van der Waals surface area contributed by atoms with Gasteiger partial charge in [-0.1, -0.05) is 29.3 Å². The molecule has 1 amide bonds. The zero-order valence-electron chi connectivity index (χ0n) is 17.7. The van der Waals surface area contributed by atoms with Gasteiger partial charge in [-0.3, -0.25) is 14.2 Å². The Balaban J connectivity index is 2.26. The average molecular weight is 446 g/mol. The van der Waals surface area contributed by atoms with E-state index in [9.17, 15) is 9.59 Å². The van der Waals surface area contributed by atoms with Crippen LogP contribution in [0.25, 0.3) is 16.6 Å². The van der Waals surface area contributed by atoms with E-state index in [1.165, 1.54) is 0 Å². The fourth-order valence-electron chi connectivity index (χ4n) is 3.28. The van der Waals surface area contributed by atoms with Gasteiger partial charge >= 0.3 is 0 Å². The van der Waals surface area contributed by atoms with Gasteiger partial charge in [-0.2, -0.15) is 0 Å². The van der Waals surface area contributed by atoms with Crippen LogP contribution in [0.3, 0.4) is 0 Å². The van der Waals surface area contributed by atoms with E-state index in [0.717, 1.165) is 5.56 Å². The molecule has 1 atom stereocenters. The highest BCUT2D eigenvalue weighted by Crippen LogP contribution is 2.28. The molecule has 0 N–H and O–H groups in total. The lowest BCUT2D eigenvalue weighted by molar-refractivity contribution is -0.140. The minimum Gasteiger partial charge on any atom is -0.335 e. The summed E-state index contributed by atoms with van der Waals surface area (Å²) in [6.07, 6.45) is 0. The maximum absolute atomic E-state index is 13.5. The van der Waals surface area contributed by atoms with Crippen LogP contribution in [0.15, 0.2) is 47.3 Å². The van der Waals surface area contributed by atoms with Crippen molar-refractivity contribution in [1.29, 1.82) is 0 Å². The first-order chi connectivity index (χ1) is 14.1. The molecule has 0 bridgehead atoms. The number of nitrogens with zero attached hydrogens (tertiary/aromatic N) is 3. The molecule has 0 saturated carbocycles. The van der Waals surface area contributed by atoms with Gasteiger partial charge in [0.15, 0.2) is 0 Å². The monoisotopic (exact) mass is 445 g/mol. The number of alkyl halides is 1. The third-order valence-electron chi connectivity index (χ3n) is 5.34. The maximum atomic E-state index is 13.5. The molecular weight excluding hydrogens is 421 g/mol. The Morgan fingerprint density at radius 2 is 1.83 bits per heavy atom. The predicted molar refractivity (Wildman–Crippen MR) is 123 cm³/mol. The lowest BCUT2D eigenvalue weighted by atomic mass is 9.94. The molecule has 0 aliphatic rings. The Morgan fingerprint density at radius 1 is 1.20 bits per heavy atom. The summed E-state index contributed by atoms with van der Waals surface area (Å²) in [5, 5.41) is 0.958. The summed E-state index contributed by atoms with van der Waals surface area (Å²) in [5.41, 5.74) is 1.32. The number of benzene rings is 2. The van der Waals surface area contributed by atoms with E-state index in [-0.39, 0.29) is 17.3 Å². The van der Waals surface area contributed by atoms with Crippen LogP contribution >= 0.6 is 23.2 Å². The SMILES string of the molecule is Cc1ccc(-n2c(C(C)N(C)C(=O)C(C)(C)CCl)nc3cc(Cl)ccc3c2=O)cc1. The van der Waals surface area contributed by atoms with Crippen LogP contribution in [0.2, 0.25) is 5.02 Å². The number of halogens is 2. The zero-order chi connectivity index (χ0) is 22.2. The Bertz CT molecular complexity index is 1150. The molecule has 1 heterocycles. The first-order valence-corrected chi connectivity index (χ1v) is 10.6. The van der Waals surface area contributed by atoms with Gasteiger partial charge in [0.1, 0.15) is 5.82 Å². The third-order valence-corrected chi connectivity index (χ3v) is 6.24. The molecule has 3 rings (SSSR count). The highest BCUT2D eigenvalue weighted by molar-refractivity contribution is 6.31. The van der Waals surface area contributed by atoms with Gasteiger partial charge in [-0.05, 0) is 58.0 Å². The molecule has 0 aliphatic heterocycles. The van der Waals surface area contributed by atoms with Crippen molar-refractivity contribution in [2.75, 3.05) is 12.9 Å². The lowest BCUT2D eigenvalue weighted by Gasteiger charge is -2.32. The number of hydrogen-bond acceptors (Lipinski definition) is 3. The Morgan fingerprint density at radius 3 is 2.43 bits per heavy atom.